The molecule has 1 aromatic heterocycles. The van der Waals surface area contributed by atoms with Gasteiger partial charge in [0.05, 0.1) is 11.4 Å². The average Bonchev–Trinajstić information content (AvgIpc) is 3.17. The number of ether oxygens (including phenoxy) is 1. The monoisotopic (exact) mass is 399 g/mol. The van der Waals surface area contributed by atoms with E-state index in [-0.39, 0.29) is 6.61 Å². The molecule has 0 fully saturated rings. The minimum absolute atomic E-state index is 0.338. The molecule has 0 aliphatic carbocycles. The number of para-hydroxylation sites is 1. The van der Waals surface area contributed by atoms with E-state index in [2.05, 4.69) is 14.9 Å². The van der Waals surface area contributed by atoms with Crippen LogP contribution in [0.1, 0.15) is 22.3 Å². The van der Waals surface area contributed by atoms with Gasteiger partial charge in [0, 0.05) is 9.79 Å². The number of carbonyl (C=O) groups excluding carboxylic acids is 2. The highest BCUT2D eigenvalue weighted by molar-refractivity contribution is 7.99. The maximum atomic E-state index is 12.2. The van der Waals surface area contributed by atoms with Crippen molar-refractivity contribution in [2.75, 3.05) is 11.9 Å². The molecule has 0 saturated carbocycles. The highest BCUT2D eigenvalue weighted by atomic mass is 32.2. The van der Waals surface area contributed by atoms with Crippen LogP contribution < -0.4 is 5.32 Å². The van der Waals surface area contributed by atoms with Gasteiger partial charge in [-0.2, -0.15) is 0 Å². The summed E-state index contributed by atoms with van der Waals surface area (Å²) in [6, 6.07) is 17.4. The summed E-state index contributed by atoms with van der Waals surface area (Å²) in [5, 5.41) is 6.66. The molecule has 3 aromatic rings. The first-order valence-corrected chi connectivity index (χ1v) is 9.86. The van der Waals surface area contributed by atoms with E-state index in [1.54, 1.807) is 11.8 Å². The van der Waals surface area contributed by atoms with Crippen LogP contribution in [-0.2, 0) is 16.0 Å². The minimum atomic E-state index is -0.580. The topological polar surface area (TPSA) is 81.2 Å². The Hall–Kier alpha value is -2.71. The molecule has 0 radical (unpaired) electrons. The molecule has 2 aromatic carbocycles. The van der Waals surface area contributed by atoms with Crippen LogP contribution in [0.5, 0.6) is 0 Å². The Morgan fingerprint density at radius 2 is 1.85 bits per heavy atom. The lowest BCUT2D eigenvalue weighted by molar-refractivity contribution is -0.119. The van der Waals surface area contributed by atoms with Gasteiger partial charge in [0.1, 0.15) is 0 Å². The van der Waals surface area contributed by atoms with Crippen molar-refractivity contribution in [3.63, 3.8) is 0 Å². The summed E-state index contributed by atoms with van der Waals surface area (Å²) in [5.74, 6) is -0.982. The molecule has 0 bridgehead atoms. The Labute approximate surface area is 165 Å². The fourth-order valence-corrected chi connectivity index (χ4v) is 3.82. The third kappa shape index (κ3) is 5.15. The number of anilines is 1. The molecular weight excluding hydrogens is 382 g/mol. The minimum Gasteiger partial charge on any atom is -0.451 e. The number of aryl methyl sites for hydroxylation is 1. The van der Waals surface area contributed by atoms with Gasteiger partial charge >= 0.3 is 5.97 Å². The van der Waals surface area contributed by atoms with E-state index >= 15 is 0 Å². The zero-order chi connectivity index (χ0) is 19.1. The maximum absolute atomic E-state index is 12.2. The number of hydrogen-bond donors (Lipinski definition) is 1. The summed E-state index contributed by atoms with van der Waals surface area (Å²) in [6.07, 6.45) is 0.581. The second-order valence-electron chi connectivity index (χ2n) is 5.44. The standard InChI is InChI=1S/C19H17N3O3S2/c1-2-14-18(27-22-21-14)19(24)25-12-17(23)20-15-10-6-7-11-16(15)26-13-8-4-3-5-9-13/h3-11H,2,12H2,1H3,(H,20,23). The molecule has 0 atom stereocenters. The van der Waals surface area contributed by atoms with E-state index in [0.717, 1.165) is 21.3 Å². The lowest BCUT2D eigenvalue weighted by Crippen LogP contribution is -2.21. The van der Waals surface area contributed by atoms with Crippen molar-refractivity contribution in [1.29, 1.82) is 0 Å². The third-order valence-corrected chi connectivity index (χ3v) is 5.37. The third-order valence-electron chi connectivity index (χ3n) is 3.54. The number of rotatable bonds is 7. The van der Waals surface area contributed by atoms with Gasteiger partial charge in [-0.3, -0.25) is 4.79 Å². The van der Waals surface area contributed by atoms with E-state index < -0.39 is 11.9 Å². The highest BCUT2D eigenvalue weighted by Crippen LogP contribution is 2.33. The Bertz CT molecular complexity index is 929. The van der Waals surface area contributed by atoms with Crippen molar-refractivity contribution in [1.82, 2.24) is 9.59 Å². The zero-order valence-electron chi connectivity index (χ0n) is 14.5. The smallest absolute Gasteiger partial charge is 0.352 e. The molecule has 27 heavy (non-hydrogen) atoms. The number of nitrogens with zero attached hydrogens (tertiary/aromatic N) is 2. The molecular formula is C19H17N3O3S2. The second kappa shape index (κ2) is 9.29. The summed E-state index contributed by atoms with van der Waals surface area (Å²) in [6.45, 7) is 1.51. The Morgan fingerprint density at radius 3 is 2.63 bits per heavy atom. The maximum Gasteiger partial charge on any atom is 0.352 e. The predicted octanol–water partition coefficient (Wildman–Crippen LogP) is 4.05. The molecule has 0 aliphatic heterocycles. The zero-order valence-corrected chi connectivity index (χ0v) is 16.2. The van der Waals surface area contributed by atoms with Crippen LogP contribution >= 0.6 is 23.3 Å². The van der Waals surface area contributed by atoms with E-state index in [1.165, 1.54) is 0 Å². The van der Waals surface area contributed by atoms with Crippen molar-refractivity contribution < 1.29 is 14.3 Å². The summed E-state index contributed by atoms with van der Waals surface area (Å²) in [5.41, 5.74) is 1.25. The van der Waals surface area contributed by atoms with Crippen LogP contribution in [0.4, 0.5) is 5.69 Å². The molecule has 0 spiro atoms. The molecule has 1 heterocycles. The molecule has 8 heteroatoms. The SMILES string of the molecule is CCc1nnsc1C(=O)OCC(=O)Nc1ccccc1Sc1ccccc1. The van der Waals surface area contributed by atoms with Crippen molar-refractivity contribution in [2.45, 2.75) is 23.1 Å². The van der Waals surface area contributed by atoms with E-state index in [9.17, 15) is 9.59 Å². The van der Waals surface area contributed by atoms with Gasteiger partial charge in [-0.1, -0.05) is 53.5 Å². The van der Waals surface area contributed by atoms with Gasteiger partial charge in [-0.05, 0) is 42.2 Å². The van der Waals surface area contributed by atoms with Gasteiger partial charge in [-0.15, -0.1) is 5.10 Å². The summed E-state index contributed by atoms with van der Waals surface area (Å²) < 4.78 is 8.84. The van der Waals surface area contributed by atoms with Crippen LogP contribution in [-0.4, -0.2) is 28.1 Å². The van der Waals surface area contributed by atoms with Gasteiger partial charge in [0.15, 0.2) is 11.5 Å². The first-order valence-electron chi connectivity index (χ1n) is 8.27. The van der Waals surface area contributed by atoms with Crippen molar-refractivity contribution >= 4 is 40.9 Å². The van der Waals surface area contributed by atoms with Crippen molar-refractivity contribution in [3.8, 4) is 0 Å². The van der Waals surface area contributed by atoms with Crippen LogP contribution in [0.15, 0.2) is 64.4 Å². The number of amides is 1. The largest absolute Gasteiger partial charge is 0.451 e. The molecule has 0 saturated heterocycles. The summed E-state index contributed by atoms with van der Waals surface area (Å²) in [7, 11) is 0. The lowest BCUT2D eigenvalue weighted by atomic mass is 10.3. The van der Waals surface area contributed by atoms with E-state index in [0.29, 0.717) is 22.7 Å². The molecule has 1 N–H and O–H groups in total. The first kappa shape index (κ1) is 19.1. The Morgan fingerprint density at radius 1 is 1.11 bits per heavy atom. The number of benzene rings is 2. The summed E-state index contributed by atoms with van der Waals surface area (Å²) >= 11 is 2.52. The molecule has 0 aliphatic rings. The quantitative estimate of drug-likeness (QED) is 0.604. The van der Waals surface area contributed by atoms with Gasteiger partial charge in [0.2, 0.25) is 0 Å². The molecule has 1 amide bonds. The van der Waals surface area contributed by atoms with Gasteiger partial charge in [0.25, 0.3) is 5.91 Å². The second-order valence-corrected chi connectivity index (χ2v) is 7.31. The van der Waals surface area contributed by atoms with Crippen molar-refractivity contribution in [2.24, 2.45) is 0 Å². The normalized spacial score (nSPS) is 10.4. The van der Waals surface area contributed by atoms with Crippen LogP contribution in [0.2, 0.25) is 0 Å². The van der Waals surface area contributed by atoms with Crippen molar-refractivity contribution in [3.05, 3.63) is 65.2 Å². The Kier molecular flexibility index (Phi) is 6.56. The highest BCUT2D eigenvalue weighted by Gasteiger charge is 2.18. The number of aromatic nitrogens is 2. The first-order chi connectivity index (χ1) is 13.2. The molecule has 0 unspecified atom stereocenters. The Balaban J connectivity index is 1.60. The average molecular weight is 399 g/mol. The fraction of sp³-hybridized carbons (Fsp3) is 0.158. The fourth-order valence-electron chi connectivity index (χ4n) is 2.25. The van der Waals surface area contributed by atoms with E-state index in [1.807, 2.05) is 61.5 Å². The molecule has 6 nitrogen and oxygen atoms in total. The van der Waals surface area contributed by atoms with Gasteiger partial charge in [-0.25, -0.2) is 4.79 Å². The number of carbonyl (C=O) groups is 2. The number of esters is 1. The van der Waals surface area contributed by atoms with Crippen LogP contribution in [0.3, 0.4) is 0 Å². The van der Waals surface area contributed by atoms with Gasteiger partial charge < -0.3 is 10.1 Å². The number of hydrogen-bond acceptors (Lipinski definition) is 7. The van der Waals surface area contributed by atoms with Crippen LogP contribution in [0, 0.1) is 0 Å². The summed E-state index contributed by atoms with van der Waals surface area (Å²) in [4.78, 5) is 26.6. The van der Waals surface area contributed by atoms with Crippen LogP contribution in [0.25, 0.3) is 0 Å². The number of nitrogens with one attached hydrogen (secondary N) is 1. The predicted molar refractivity (Wildman–Crippen MR) is 105 cm³/mol. The van der Waals surface area contributed by atoms with E-state index in [4.69, 9.17) is 4.74 Å². The molecule has 3 rings (SSSR count). The molecule has 138 valence electrons. The lowest BCUT2D eigenvalue weighted by Gasteiger charge is -2.11.